The van der Waals surface area contributed by atoms with Crippen molar-refractivity contribution in [1.82, 2.24) is 4.31 Å². The average molecular weight is 219 g/mol. The molecule has 1 aliphatic rings. The lowest BCUT2D eigenvalue weighted by Gasteiger charge is -2.32. The molecule has 0 aromatic carbocycles. The van der Waals surface area contributed by atoms with Crippen LogP contribution in [0, 0.1) is 11.3 Å². The van der Waals surface area contributed by atoms with Gasteiger partial charge in [0.25, 0.3) is 0 Å². The molecule has 1 saturated heterocycles. The van der Waals surface area contributed by atoms with Gasteiger partial charge >= 0.3 is 0 Å². The van der Waals surface area contributed by atoms with E-state index in [0.717, 1.165) is 6.42 Å². The van der Waals surface area contributed by atoms with Gasteiger partial charge in [0.2, 0.25) is 10.0 Å². The molecule has 1 rings (SSSR count). The Hall–Kier alpha value is -0.0900. The van der Waals surface area contributed by atoms with Crippen LogP contribution < -0.4 is 0 Å². The molecule has 0 N–H and O–H groups in total. The molecule has 0 aliphatic carbocycles. The molecule has 1 aliphatic heterocycles. The fourth-order valence-electron chi connectivity index (χ4n) is 2.54. The highest BCUT2D eigenvalue weighted by molar-refractivity contribution is 7.88. The maximum Gasteiger partial charge on any atom is 0.211 e. The molecule has 0 aromatic rings. The van der Waals surface area contributed by atoms with Gasteiger partial charge in [0.15, 0.2) is 0 Å². The Labute approximate surface area is 87.5 Å². The van der Waals surface area contributed by atoms with Crippen LogP contribution in [-0.2, 0) is 10.0 Å². The quantitative estimate of drug-likeness (QED) is 0.673. The molecule has 3 nitrogen and oxygen atoms in total. The van der Waals surface area contributed by atoms with Gasteiger partial charge in [-0.25, -0.2) is 8.42 Å². The lowest BCUT2D eigenvalue weighted by molar-refractivity contribution is 0.204. The van der Waals surface area contributed by atoms with Crippen LogP contribution in [0.25, 0.3) is 0 Å². The first-order valence-corrected chi connectivity index (χ1v) is 6.95. The normalized spacial score (nSPS) is 30.9. The molecule has 1 heterocycles. The van der Waals surface area contributed by atoms with Gasteiger partial charge in [0.1, 0.15) is 0 Å². The molecule has 84 valence electrons. The van der Waals surface area contributed by atoms with Crippen LogP contribution in [0.15, 0.2) is 0 Å². The minimum absolute atomic E-state index is 0.144. The van der Waals surface area contributed by atoms with Gasteiger partial charge in [-0.2, -0.15) is 4.31 Å². The Kier molecular flexibility index (Phi) is 2.99. The molecule has 0 aromatic heterocycles. The summed E-state index contributed by atoms with van der Waals surface area (Å²) < 4.78 is 24.5. The summed E-state index contributed by atoms with van der Waals surface area (Å²) in [6.45, 7) is 9.24. The summed E-state index contributed by atoms with van der Waals surface area (Å²) in [5.74, 6) is 0.470. The van der Waals surface area contributed by atoms with E-state index in [2.05, 4.69) is 20.8 Å². The summed E-state index contributed by atoms with van der Waals surface area (Å²) >= 11 is 0. The maximum atomic E-state index is 11.4. The number of sulfonamides is 1. The highest BCUT2D eigenvalue weighted by Gasteiger charge is 2.41. The van der Waals surface area contributed by atoms with Crippen LogP contribution in [0.4, 0.5) is 0 Å². The first-order chi connectivity index (χ1) is 6.14. The van der Waals surface area contributed by atoms with E-state index in [1.165, 1.54) is 6.26 Å². The van der Waals surface area contributed by atoms with Gasteiger partial charge in [0, 0.05) is 12.6 Å². The summed E-state index contributed by atoms with van der Waals surface area (Å²) in [7, 11) is -3.01. The van der Waals surface area contributed by atoms with Gasteiger partial charge in [-0.3, -0.25) is 0 Å². The Morgan fingerprint density at radius 2 is 1.79 bits per heavy atom. The van der Waals surface area contributed by atoms with Crippen molar-refractivity contribution >= 4 is 10.0 Å². The standard InChI is InChI=1S/C10H21NO2S/c1-8-9(10(2,3)4)6-7-11(8)14(5,12)13/h8-9H,6-7H2,1-5H3/t8-,9?/m1/s1. The molecular weight excluding hydrogens is 198 g/mol. The van der Waals surface area contributed by atoms with Crippen molar-refractivity contribution < 1.29 is 8.42 Å². The third-order valence-corrected chi connectivity index (χ3v) is 4.60. The fraction of sp³-hybridized carbons (Fsp3) is 1.00. The first-order valence-electron chi connectivity index (χ1n) is 5.11. The van der Waals surface area contributed by atoms with Crippen LogP contribution in [0.1, 0.15) is 34.1 Å². The summed E-state index contributed by atoms with van der Waals surface area (Å²) in [6, 6.07) is 0.144. The monoisotopic (exact) mass is 219 g/mol. The third-order valence-electron chi connectivity index (χ3n) is 3.24. The van der Waals surface area contributed by atoms with Crippen molar-refractivity contribution in [3.8, 4) is 0 Å². The summed E-state index contributed by atoms with van der Waals surface area (Å²) in [5, 5.41) is 0. The zero-order valence-electron chi connectivity index (χ0n) is 9.74. The maximum absolute atomic E-state index is 11.4. The topological polar surface area (TPSA) is 37.4 Å². The average Bonchev–Trinajstić information content (AvgIpc) is 2.26. The van der Waals surface area contributed by atoms with Crippen LogP contribution in [0.2, 0.25) is 0 Å². The van der Waals surface area contributed by atoms with Crippen molar-refractivity contribution in [1.29, 1.82) is 0 Å². The first kappa shape index (κ1) is 12.0. The molecular formula is C10H21NO2S. The lowest BCUT2D eigenvalue weighted by atomic mass is 9.77. The van der Waals surface area contributed by atoms with E-state index in [9.17, 15) is 8.42 Å². The zero-order chi connectivity index (χ0) is 11.1. The zero-order valence-corrected chi connectivity index (χ0v) is 10.6. The van der Waals surface area contributed by atoms with Crippen LogP contribution >= 0.6 is 0 Å². The van der Waals surface area contributed by atoms with Crippen molar-refractivity contribution in [3.05, 3.63) is 0 Å². The molecule has 2 atom stereocenters. The summed E-state index contributed by atoms with van der Waals surface area (Å²) in [6.07, 6.45) is 2.28. The molecule has 0 amide bonds. The molecule has 14 heavy (non-hydrogen) atoms. The highest BCUT2D eigenvalue weighted by atomic mass is 32.2. The van der Waals surface area contributed by atoms with E-state index in [-0.39, 0.29) is 11.5 Å². The minimum atomic E-state index is -3.01. The highest BCUT2D eigenvalue weighted by Crippen LogP contribution is 2.39. The predicted octanol–water partition coefficient (Wildman–Crippen LogP) is 1.70. The van der Waals surface area contributed by atoms with Crippen molar-refractivity contribution in [3.63, 3.8) is 0 Å². The number of rotatable bonds is 1. The largest absolute Gasteiger partial charge is 0.212 e. The van der Waals surface area contributed by atoms with Gasteiger partial charge in [-0.1, -0.05) is 20.8 Å². The fourth-order valence-corrected chi connectivity index (χ4v) is 3.72. The van der Waals surface area contributed by atoms with E-state index >= 15 is 0 Å². The van der Waals surface area contributed by atoms with E-state index in [0.29, 0.717) is 12.5 Å². The van der Waals surface area contributed by atoms with Gasteiger partial charge in [-0.05, 0) is 24.7 Å². The Balaban J connectivity index is 2.85. The SMILES string of the molecule is C[C@@H]1C(C(C)(C)C)CCN1S(C)(=O)=O. The van der Waals surface area contributed by atoms with Crippen molar-refractivity contribution in [2.45, 2.75) is 40.2 Å². The number of hydrogen-bond donors (Lipinski definition) is 0. The summed E-state index contributed by atoms with van der Waals surface area (Å²) in [4.78, 5) is 0. The second-order valence-electron chi connectivity index (χ2n) is 5.38. The molecule has 0 bridgehead atoms. The van der Waals surface area contributed by atoms with Gasteiger partial charge in [0.05, 0.1) is 6.26 Å². The Morgan fingerprint density at radius 1 is 1.29 bits per heavy atom. The Bertz CT molecular complexity index is 303. The molecule has 4 heteroatoms. The van der Waals surface area contributed by atoms with E-state index in [4.69, 9.17) is 0 Å². The lowest BCUT2D eigenvalue weighted by Crippen LogP contribution is -2.38. The van der Waals surface area contributed by atoms with Crippen LogP contribution in [0.5, 0.6) is 0 Å². The smallest absolute Gasteiger partial charge is 0.211 e. The second kappa shape index (κ2) is 3.49. The van der Waals surface area contributed by atoms with Crippen LogP contribution in [-0.4, -0.2) is 31.6 Å². The number of nitrogens with zero attached hydrogens (tertiary/aromatic N) is 1. The van der Waals surface area contributed by atoms with E-state index in [1.54, 1.807) is 4.31 Å². The summed E-state index contributed by atoms with van der Waals surface area (Å²) in [5.41, 5.74) is 0.193. The molecule has 0 radical (unpaired) electrons. The molecule has 0 saturated carbocycles. The van der Waals surface area contributed by atoms with E-state index < -0.39 is 10.0 Å². The minimum Gasteiger partial charge on any atom is -0.212 e. The van der Waals surface area contributed by atoms with Crippen molar-refractivity contribution in [2.75, 3.05) is 12.8 Å². The molecule has 1 fully saturated rings. The van der Waals surface area contributed by atoms with Crippen LogP contribution in [0.3, 0.4) is 0 Å². The van der Waals surface area contributed by atoms with Gasteiger partial charge in [-0.15, -0.1) is 0 Å². The van der Waals surface area contributed by atoms with Gasteiger partial charge < -0.3 is 0 Å². The Morgan fingerprint density at radius 3 is 2.00 bits per heavy atom. The van der Waals surface area contributed by atoms with E-state index in [1.807, 2.05) is 6.92 Å². The second-order valence-corrected chi connectivity index (χ2v) is 7.31. The third kappa shape index (κ3) is 2.28. The molecule has 0 spiro atoms. The van der Waals surface area contributed by atoms with Crippen molar-refractivity contribution in [2.24, 2.45) is 11.3 Å². The predicted molar refractivity (Wildman–Crippen MR) is 58.6 cm³/mol. The molecule has 1 unspecified atom stereocenters. The number of hydrogen-bond acceptors (Lipinski definition) is 2.